The van der Waals surface area contributed by atoms with Crippen molar-refractivity contribution < 1.29 is 4.74 Å². The first kappa shape index (κ1) is 10.2. The molecule has 0 heterocycles. The van der Waals surface area contributed by atoms with Crippen LogP contribution >= 0.6 is 15.9 Å². The van der Waals surface area contributed by atoms with Gasteiger partial charge in [0.2, 0.25) is 0 Å². The summed E-state index contributed by atoms with van der Waals surface area (Å²) in [6.45, 7) is 3.18. The third kappa shape index (κ3) is 2.83. The van der Waals surface area contributed by atoms with Crippen LogP contribution in [-0.4, -0.2) is 6.61 Å². The summed E-state index contributed by atoms with van der Waals surface area (Å²) in [5, 5.41) is 8.67. The normalized spacial score (nSPS) is 9.62. The Balaban J connectivity index is 2.85. The van der Waals surface area contributed by atoms with E-state index < -0.39 is 0 Å². The highest BCUT2D eigenvalue weighted by Crippen LogP contribution is 2.18. The molecule has 0 spiro atoms. The molecule has 2 nitrogen and oxygen atoms in total. The van der Waals surface area contributed by atoms with Gasteiger partial charge in [0.15, 0.2) is 0 Å². The zero-order chi connectivity index (χ0) is 9.68. The van der Waals surface area contributed by atoms with Crippen molar-refractivity contribution in [3.8, 4) is 6.07 Å². The second-order valence-corrected chi connectivity index (χ2v) is 3.41. The lowest BCUT2D eigenvalue weighted by atomic mass is 10.1. The Morgan fingerprint density at radius 2 is 2.31 bits per heavy atom. The largest absolute Gasteiger partial charge is 0.377 e. The van der Waals surface area contributed by atoms with Crippen molar-refractivity contribution in [3.05, 3.63) is 33.8 Å². The van der Waals surface area contributed by atoms with Crippen LogP contribution in [0.5, 0.6) is 0 Å². The van der Waals surface area contributed by atoms with E-state index in [2.05, 4.69) is 22.0 Å². The monoisotopic (exact) mass is 239 g/mol. The van der Waals surface area contributed by atoms with E-state index in [4.69, 9.17) is 10.00 Å². The van der Waals surface area contributed by atoms with Gasteiger partial charge < -0.3 is 4.74 Å². The molecule has 1 rings (SSSR count). The van der Waals surface area contributed by atoms with E-state index >= 15 is 0 Å². The first-order valence-electron chi connectivity index (χ1n) is 4.04. The zero-order valence-electron chi connectivity index (χ0n) is 7.38. The number of halogens is 1. The molecule has 13 heavy (non-hydrogen) atoms. The van der Waals surface area contributed by atoms with E-state index in [0.717, 1.165) is 10.0 Å². The molecule has 0 unspecified atom stereocenters. The molecule has 0 fully saturated rings. The van der Waals surface area contributed by atoms with E-state index in [9.17, 15) is 0 Å². The smallest absolute Gasteiger partial charge is 0.0991 e. The maximum atomic E-state index is 8.67. The maximum Gasteiger partial charge on any atom is 0.0991 e. The summed E-state index contributed by atoms with van der Waals surface area (Å²) in [6, 6.07) is 7.57. The number of ether oxygens (including phenoxy) is 1. The minimum atomic E-state index is 0.548. The van der Waals surface area contributed by atoms with Crippen LogP contribution in [0.15, 0.2) is 22.7 Å². The number of benzene rings is 1. The number of nitrogens with zero attached hydrogens (tertiary/aromatic N) is 1. The van der Waals surface area contributed by atoms with Crippen molar-refractivity contribution in [3.63, 3.8) is 0 Å². The maximum absolute atomic E-state index is 8.67. The van der Waals surface area contributed by atoms with Crippen LogP contribution in [0.2, 0.25) is 0 Å². The number of nitriles is 1. The Bertz CT molecular complexity index is 330. The molecular formula is C10H10BrNO. The van der Waals surface area contributed by atoms with Gasteiger partial charge in [-0.25, -0.2) is 0 Å². The van der Waals surface area contributed by atoms with Crippen molar-refractivity contribution in [2.75, 3.05) is 6.61 Å². The third-order valence-electron chi connectivity index (χ3n) is 1.64. The molecule has 3 heteroatoms. The van der Waals surface area contributed by atoms with Gasteiger partial charge in [0.25, 0.3) is 0 Å². The second kappa shape index (κ2) is 5.00. The van der Waals surface area contributed by atoms with E-state index in [1.807, 2.05) is 19.1 Å². The Hall–Kier alpha value is -0.850. The molecule has 0 saturated carbocycles. The van der Waals surface area contributed by atoms with Gasteiger partial charge in [-0.15, -0.1) is 0 Å². The number of hydrogen-bond acceptors (Lipinski definition) is 2. The molecular weight excluding hydrogens is 230 g/mol. The predicted molar refractivity (Wildman–Crippen MR) is 54.2 cm³/mol. The minimum Gasteiger partial charge on any atom is -0.377 e. The van der Waals surface area contributed by atoms with Crippen LogP contribution in [0.4, 0.5) is 0 Å². The van der Waals surface area contributed by atoms with Crippen LogP contribution in [0, 0.1) is 11.3 Å². The van der Waals surface area contributed by atoms with Gasteiger partial charge in [-0.1, -0.05) is 15.9 Å². The average Bonchev–Trinajstić information content (AvgIpc) is 2.17. The van der Waals surface area contributed by atoms with Gasteiger partial charge in [-0.3, -0.25) is 0 Å². The molecule has 0 aliphatic heterocycles. The quantitative estimate of drug-likeness (QED) is 0.813. The molecule has 0 aromatic heterocycles. The van der Waals surface area contributed by atoms with Gasteiger partial charge in [-0.05, 0) is 30.7 Å². The number of rotatable bonds is 3. The molecule has 0 aliphatic carbocycles. The van der Waals surface area contributed by atoms with E-state index in [-0.39, 0.29) is 0 Å². The van der Waals surface area contributed by atoms with Crippen LogP contribution in [0.1, 0.15) is 18.1 Å². The third-order valence-corrected chi connectivity index (χ3v) is 2.41. The first-order valence-corrected chi connectivity index (χ1v) is 4.83. The van der Waals surface area contributed by atoms with Crippen LogP contribution < -0.4 is 0 Å². The van der Waals surface area contributed by atoms with Crippen LogP contribution in [-0.2, 0) is 11.3 Å². The van der Waals surface area contributed by atoms with Crippen molar-refractivity contribution in [2.45, 2.75) is 13.5 Å². The van der Waals surface area contributed by atoms with Gasteiger partial charge >= 0.3 is 0 Å². The first-order chi connectivity index (χ1) is 6.27. The highest BCUT2D eigenvalue weighted by atomic mass is 79.9. The van der Waals surface area contributed by atoms with E-state index in [1.54, 1.807) is 6.07 Å². The van der Waals surface area contributed by atoms with Gasteiger partial charge in [0.05, 0.1) is 18.2 Å². The molecule has 1 aromatic carbocycles. The fourth-order valence-corrected chi connectivity index (χ4v) is 1.33. The highest BCUT2D eigenvalue weighted by molar-refractivity contribution is 9.10. The molecule has 0 amide bonds. The predicted octanol–water partition coefficient (Wildman–Crippen LogP) is 2.86. The fraction of sp³-hybridized carbons (Fsp3) is 0.300. The Labute approximate surface area is 86.3 Å². The summed E-state index contributed by atoms with van der Waals surface area (Å²) < 4.78 is 6.25. The lowest BCUT2D eigenvalue weighted by molar-refractivity contribution is 0.133. The Morgan fingerprint density at radius 1 is 1.54 bits per heavy atom. The number of hydrogen-bond donors (Lipinski definition) is 0. The molecule has 0 saturated heterocycles. The molecule has 0 atom stereocenters. The molecule has 0 N–H and O–H groups in total. The molecule has 68 valence electrons. The molecule has 0 radical (unpaired) electrons. The van der Waals surface area contributed by atoms with Gasteiger partial charge in [0.1, 0.15) is 0 Å². The standard InChI is InChI=1S/C10H10BrNO/c1-2-13-7-9-5-8(6-12)3-4-10(9)11/h3-5H,2,7H2,1H3. The summed E-state index contributed by atoms with van der Waals surface area (Å²) in [5.41, 5.74) is 1.68. The summed E-state index contributed by atoms with van der Waals surface area (Å²) in [4.78, 5) is 0. The Morgan fingerprint density at radius 3 is 2.92 bits per heavy atom. The lowest BCUT2D eigenvalue weighted by Crippen LogP contribution is -1.93. The van der Waals surface area contributed by atoms with Crippen molar-refractivity contribution in [2.24, 2.45) is 0 Å². The minimum absolute atomic E-state index is 0.548. The van der Waals surface area contributed by atoms with Crippen molar-refractivity contribution in [1.29, 1.82) is 5.26 Å². The van der Waals surface area contributed by atoms with E-state index in [0.29, 0.717) is 18.8 Å². The average molecular weight is 240 g/mol. The molecule has 0 bridgehead atoms. The van der Waals surface area contributed by atoms with Crippen molar-refractivity contribution >= 4 is 15.9 Å². The lowest BCUT2D eigenvalue weighted by Gasteiger charge is -2.04. The Kier molecular flexibility index (Phi) is 3.94. The zero-order valence-corrected chi connectivity index (χ0v) is 8.97. The van der Waals surface area contributed by atoms with Gasteiger partial charge in [-0.2, -0.15) is 5.26 Å². The van der Waals surface area contributed by atoms with Crippen LogP contribution in [0.3, 0.4) is 0 Å². The summed E-state index contributed by atoms with van der Waals surface area (Å²) in [6.07, 6.45) is 0. The summed E-state index contributed by atoms with van der Waals surface area (Å²) in [7, 11) is 0. The topological polar surface area (TPSA) is 33.0 Å². The second-order valence-electron chi connectivity index (χ2n) is 2.56. The molecule has 1 aromatic rings. The van der Waals surface area contributed by atoms with Crippen molar-refractivity contribution in [1.82, 2.24) is 0 Å². The SMILES string of the molecule is CCOCc1cc(C#N)ccc1Br. The highest BCUT2D eigenvalue weighted by Gasteiger charge is 2.00. The summed E-state index contributed by atoms with van der Waals surface area (Å²) in [5.74, 6) is 0. The van der Waals surface area contributed by atoms with E-state index in [1.165, 1.54) is 0 Å². The molecule has 0 aliphatic rings. The fourth-order valence-electron chi connectivity index (χ4n) is 0.967. The van der Waals surface area contributed by atoms with Crippen LogP contribution in [0.25, 0.3) is 0 Å². The summed E-state index contributed by atoms with van der Waals surface area (Å²) >= 11 is 3.40. The van der Waals surface area contributed by atoms with Gasteiger partial charge in [0, 0.05) is 11.1 Å².